The molecule has 0 bridgehead atoms. The van der Waals surface area contributed by atoms with E-state index in [4.69, 9.17) is 23.2 Å². The lowest BCUT2D eigenvalue weighted by Gasteiger charge is -2.19. The predicted molar refractivity (Wildman–Crippen MR) is 116 cm³/mol. The Morgan fingerprint density at radius 2 is 1.84 bits per heavy atom. The fourth-order valence-corrected chi connectivity index (χ4v) is 4.96. The van der Waals surface area contributed by atoms with Crippen LogP contribution < -0.4 is 4.90 Å². The summed E-state index contributed by atoms with van der Waals surface area (Å²) in [5, 5.41) is 10.1. The van der Waals surface area contributed by atoms with Crippen LogP contribution in [0.4, 0.5) is 10.1 Å². The van der Waals surface area contributed by atoms with Crippen molar-refractivity contribution in [1.29, 1.82) is 0 Å². The van der Waals surface area contributed by atoms with Gasteiger partial charge in [0.15, 0.2) is 0 Å². The maximum atomic E-state index is 14.2. The number of carboxylic acids is 1. The molecule has 1 amide bonds. The molecule has 0 radical (unpaired) electrons. The van der Waals surface area contributed by atoms with Gasteiger partial charge >= 0.3 is 5.97 Å². The molecule has 0 saturated heterocycles. The van der Waals surface area contributed by atoms with Gasteiger partial charge < -0.3 is 10.0 Å². The van der Waals surface area contributed by atoms with Gasteiger partial charge in [-0.05, 0) is 65.6 Å². The minimum Gasteiger partial charge on any atom is -0.478 e. The molecule has 3 aromatic carbocycles. The van der Waals surface area contributed by atoms with E-state index in [1.54, 1.807) is 29.2 Å². The lowest BCUT2D eigenvalue weighted by Crippen LogP contribution is -2.32. The minimum atomic E-state index is -1.14. The first-order valence-electron chi connectivity index (χ1n) is 9.70. The van der Waals surface area contributed by atoms with Crippen LogP contribution in [0.3, 0.4) is 0 Å². The number of fused-ring (bicyclic) bond motifs is 2. The highest BCUT2D eigenvalue weighted by Crippen LogP contribution is 2.66. The SMILES string of the molecule is O=C(O)c1cc(CN2C(=O)[C@]3(C[C@@H]3c3ccc(Cl)cc3)c3cc(F)ccc32)ccc1Cl. The number of carboxylic acid groups (broad SMARTS) is 1. The first kappa shape index (κ1) is 20.0. The third-order valence-electron chi connectivity index (χ3n) is 6.19. The lowest BCUT2D eigenvalue weighted by molar-refractivity contribution is -0.120. The fraction of sp³-hybridized carbons (Fsp3) is 0.167. The number of anilines is 1. The summed E-state index contributed by atoms with van der Waals surface area (Å²) in [6.45, 7) is 0.171. The zero-order valence-electron chi connectivity index (χ0n) is 16.1. The van der Waals surface area contributed by atoms with Crippen LogP contribution in [0.5, 0.6) is 0 Å². The van der Waals surface area contributed by atoms with Crippen LogP contribution in [0.25, 0.3) is 0 Å². The number of halogens is 3. The van der Waals surface area contributed by atoms with Crippen LogP contribution in [0.2, 0.25) is 10.0 Å². The van der Waals surface area contributed by atoms with E-state index in [1.807, 2.05) is 12.1 Å². The average molecular weight is 456 g/mol. The van der Waals surface area contributed by atoms with E-state index in [0.29, 0.717) is 28.3 Å². The molecule has 2 atom stereocenters. The zero-order chi connectivity index (χ0) is 21.9. The summed E-state index contributed by atoms with van der Waals surface area (Å²) in [6.07, 6.45) is 0.585. The Kier molecular flexibility index (Phi) is 4.57. The van der Waals surface area contributed by atoms with Crippen molar-refractivity contribution in [2.75, 3.05) is 4.90 Å². The van der Waals surface area contributed by atoms with Gasteiger partial charge in [-0.1, -0.05) is 41.4 Å². The van der Waals surface area contributed by atoms with Crippen molar-refractivity contribution >= 4 is 40.8 Å². The molecule has 0 aromatic heterocycles. The zero-order valence-corrected chi connectivity index (χ0v) is 17.6. The van der Waals surface area contributed by atoms with Crippen molar-refractivity contribution in [1.82, 2.24) is 0 Å². The molecule has 1 aliphatic carbocycles. The van der Waals surface area contributed by atoms with Crippen molar-refractivity contribution in [2.24, 2.45) is 0 Å². The molecule has 3 aromatic rings. The van der Waals surface area contributed by atoms with Crippen molar-refractivity contribution in [2.45, 2.75) is 24.3 Å². The van der Waals surface area contributed by atoms with Gasteiger partial charge in [-0.15, -0.1) is 0 Å². The quantitative estimate of drug-likeness (QED) is 0.540. The Morgan fingerprint density at radius 3 is 2.55 bits per heavy atom. The molecular weight excluding hydrogens is 440 g/mol. The third kappa shape index (κ3) is 3.11. The van der Waals surface area contributed by atoms with Crippen LogP contribution in [-0.4, -0.2) is 17.0 Å². The molecule has 4 nitrogen and oxygen atoms in total. The first-order valence-corrected chi connectivity index (χ1v) is 10.5. The normalized spacial score (nSPS) is 21.5. The Labute approximate surface area is 187 Å². The average Bonchev–Trinajstić information content (AvgIpc) is 3.45. The smallest absolute Gasteiger partial charge is 0.337 e. The molecule has 5 rings (SSSR count). The van der Waals surface area contributed by atoms with E-state index in [2.05, 4.69) is 0 Å². The Balaban J connectivity index is 1.54. The van der Waals surface area contributed by atoms with Gasteiger partial charge in [0.1, 0.15) is 5.82 Å². The second-order valence-corrected chi connectivity index (χ2v) is 8.80. The number of carbonyl (C=O) groups excluding carboxylic acids is 1. The third-order valence-corrected chi connectivity index (χ3v) is 6.77. The van der Waals surface area contributed by atoms with Crippen LogP contribution in [0.15, 0.2) is 60.7 Å². The monoisotopic (exact) mass is 455 g/mol. The Bertz CT molecular complexity index is 1240. The van der Waals surface area contributed by atoms with E-state index < -0.39 is 17.2 Å². The molecule has 1 aliphatic heterocycles. The van der Waals surface area contributed by atoms with E-state index in [-0.39, 0.29) is 29.0 Å². The molecule has 156 valence electrons. The first-order chi connectivity index (χ1) is 14.8. The Hall–Kier alpha value is -2.89. The number of aromatic carboxylic acids is 1. The van der Waals surface area contributed by atoms with Crippen LogP contribution in [0.1, 0.15) is 39.4 Å². The van der Waals surface area contributed by atoms with Crippen LogP contribution in [-0.2, 0) is 16.8 Å². The van der Waals surface area contributed by atoms with Crippen molar-refractivity contribution < 1.29 is 19.1 Å². The fourth-order valence-electron chi connectivity index (χ4n) is 4.64. The highest BCUT2D eigenvalue weighted by atomic mass is 35.5. The molecule has 2 aliphatic rings. The minimum absolute atomic E-state index is 0.0229. The second-order valence-electron chi connectivity index (χ2n) is 7.95. The van der Waals surface area contributed by atoms with E-state index in [9.17, 15) is 19.1 Å². The number of rotatable bonds is 4. The molecule has 1 heterocycles. The maximum absolute atomic E-state index is 14.2. The topological polar surface area (TPSA) is 57.6 Å². The highest BCUT2D eigenvalue weighted by Gasteiger charge is 2.67. The van der Waals surface area contributed by atoms with Crippen molar-refractivity contribution in [3.8, 4) is 0 Å². The highest BCUT2D eigenvalue weighted by molar-refractivity contribution is 6.33. The molecule has 0 unspecified atom stereocenters. The van der Waals surface area contributed by atoms with E-state index in [1.165, 1.54) is 24.3 Å². The Morgan fingerprint density at radius 1 is 1.10 bits per heavy atom. The summed E-state index contributed by atoms with van der Waals surface area (Å²) >= 11 is 12.0. The van der Waals surface area contributed by atoms with Crippen LogP contribution in [0, 0.1) is 5.82 Å². The summed E-state index contributed by atoms with van der Waals surface area (Å²) in [6, 6.07) is 16.4. The number of carbonyl (C=O) groups is 2. The largest absolute Gasteiger partial charge is 0.478 e. The summed E-state index contributed by atoms with van der Waals surface area (Å²) < 4.78 is 14.2. The van der Waals surface area contributed by atoms with Crippen LogP contribution >= 0.6 is 23.2 Å². The molecule has 1 spiro atoms. The van der Waals surface area contributed by atoms with Gasteiger partial charge in [-0.2, -0.15) is 0 Å². The number of nitrogens with zero attached hydrogens (tertiary/aromatic N) is 1. The predicted octanol–water partition coefficient (Wildman–Crippen LogP) is 5.80. The number of benzene rings is 3. The summed E-state index contributed by atoms with van der Waals surface area (Å²) in [4.78, 5) is 26.7. The van der Waals surface area contributed by atoms with Gasteiger partial charge in [0, 0.05) is 16.6 Å². The molecule has 1 saturated carbocycles. The molecule has 31 heavy (non-hydrogen) atoms. The van der Waals surface area contributed by atoms with E-state index in [0.717, 1.165) is 5.56 Å². The van der Waals surface area contributed by atoms with Gasteiger partial charge in [-0.3, -0.25) is 4.79 Å². The summed E-state index contributed by atoms with van der Waals surface area (Å²) in [5.41, 5.74) is 2.10. The van der Waals surface area contributed by atoms with Crippen molar-refractivity contribution in [3.05, 3.63) is 98.8 Å². The van der Waals surface area contributed by atoms with Gasteiger partial charge in [0.25, 0.3) is 0 Å². The number of amides is 1. The lowest BCUT2D eigenvalue weighted by atomic mass is 9.92. The van der Waals surface area contributed by atoms with E-state index >= 15 is 0 Å². The number of hydrogen-bond acceptors (Lipinski definition) is 2. The van der Waals surface area contributed by atoms with Gasteiger partial charge in [0.05, 0.1) is 22.5 Å². The van der Waals surface area contributed by atoms with Gasteiger partial charge in [-0.25, -0.2) is 9.18 Å². The maximum Gasteiger partial charge on any atom is 0.337 e. The standard InChI is InChI=1S/C24H16Cl2FNO3/c25-15-4-2-14(3-5-15)19-11-24(19)18-10-16(27)6-8-21(18)28(23(24)31)12-13-1-7-20(26)17(9-13)22(29)30/h1-10,19H,11-12H2,(H,29,30)/t19-,24-/m1/s1. The van der Waals surface area contributed by atoms with Gasteiger partial charge in [0.2, 0.25) is 5.91 Å². The summed E-state index contributed by atoms with van der Waals surface area (Å²) in [5.74, 6) is -1.71. The second kappa shape index (κ2) is 7.08. The molecular formula is C24H16Cl2FNO3. The molecule has 1 fully saturated rings. The number of hydrogen-bond donors (Lipinski definition) is 1. The molecule has 1 N–H and O–H groups in total. The molecule has 7 heteroatoms. The summed E-state index contributed by atoms with van der Waals surface area (Å²) in [7, 11) is 0. The van der Waals surface area contributed by atoms with Crippen molar-refractivity contribution in [3.63, 3.8) is 0 Å².